The Kier molecular flexibility index (Phi) is 4.82. The topological polar surface area (TPSA) is 55.0 Å². The Morgan fingerprint density at radius 2 is 2.39 bits per heavy atom. The molecule has 0 radical (unpaired) electrons. The summed E-state index contributed by atoms with van der Waals surface area (Å²) in [4.78, 5) is 10.4. The lowest BCUT2D eigenvalue weighted by atomic mass is 10.1. The van der Waals surface area contributed by atoms with Gasteiger partial charge in [-0.15, -0.1) is 11.3 Å². The van der Waals surface area contributed by atoms with Crippen molar-refractivity contribution < 1.29 is 0 Å². The fourth-order valence-electron chi connectivity index (χ4n) is 1.85. The highest BCUT2D eigenvalue weighted by molar-refractivity contribution is 9.11. The highest BCUT2D eigenvalue weighted by atomic mass is 79.9. The molecular formula is C12H15BrN4S. The van der Waals surface area contributed by atoms with Crippen molar-refractivity contribution in [2.24, 2.45) is 5.73 Å². The largest absolute Gasteiger partial charge is 0.329 e. The molecule has 0 bridgehead atoms. The average molecular weight is 327 g/mol. The molecule has 1 unspecified atom stereocenters. The summed E-state index contributed by atoms with van der Waals surface area (Å²) in [5, 5.41) is 2.15. The third kappa shape index (κ3) is 3.35. The normalized spacial score (nSPS) is 12.9. The van der Waals surface area contributed by atoms with Crippen LogP contribution in [0.5, 0.6) is 0 Å². The van der Waals surface area contributed by atoms with Crippen LogP contribution in [-0.4, -0.2) is 28.5 Å². The SMILES string of the molecule is CN(Cc1csc(Br)c1)C(CN)c1ccncn1. The first-order chi connectivity index (χ1) is 8.70. The van der Waals surface area contributed by atoms with E-state index in [1.54, 1.807) is 23.9 Å². The summed E-state index contributed by atoms with van der Waals surface area (Å²) in [5.74, 6) is 0. The molecule has 4 nitrogen and oxygen atoms in total. The van der Waals surface area contributed by atoms with Gasteiger partial charge in [0.15, 0.2) is 0 Å². The van der Waals surface area contributed by atoms with E-state index in [-0.39, 0.29) is 6.04 Å². The van der Waals surface area contributed by atoms with Crippen LogP contribution in [0.4, 0.5) is 0 Å². The third-order valence-electron chi connectivity index (χ3n) is 2.76. The summed E-state index contributed by atoms with van der Waals surface area (Å²) < 4.78 is 1.15. The zero-order valence-corrected chi connectivity index (χ0v) is 12.5. The Morgan fingerprint density at radius 1 is 1.56 bits per heavy atom. The van der Waals surface area contributed by atoms with Crippen LogP contribution >= 0.6 is 27.3 Å². The maximum Gasteiger partial charge on any atom is 0.115 e. The Hall–Kier alpha value is -0.820. The van der Waals surface area contributed by atoms with Crippen molar-refractivity contribution >= 4 is 27.3 Å². The van der Waals surface area contributed by atoms with Crippen LogP contribution in [0.3, 0.4) is 0 Å². The fraction of sp³-hybridized carbons (Fsp3) is 0.333. The van der Waals surface area contributed by atoms with Crippen molar-refractivity contribution in [3.05, 3.63) is 45.1 Å². The van der Waals surface area contributed by atoms with Gasteiger partial charge in [0.05, 0.1) is 15.5 Å². The summed E-state index contributed by atoms with van der Waals surface area (Å²) in [6, 6.07) is 4.17. The molecule has 0 saturated heterocycles. The number of likely N-dealkylation sites (N-methyl/N-ethyl adjacent to an activating group) is 1. The monoisotopic (exact) mass is 326 g/mol. The predicted octanol–water partition coefficient (Wildman–Crippen LogP) is 2.43. The highest BCUT2D eigenvalue weighted by Gasteiger charge is 2.17. The Bertz CT molecular complexity index is 488. The summed E-state index contributed by atoms with van der Waals surface area (Å²) in [5.41, 5.74) is 8.10. The Morgan fingerprint density at radius 3 is 2.94 bits per heavy atom. The standard InChI is InChI=1S/C12H15BrN4S/c1-17(6-9-4-12(13)18-7-9)11(5-14)10-2-3-15-8-16-10/h2-4,7-8,11H,5-6,14H2,1H3. The molecule has 2 aromatic rings. The second-order valence-electron chi connectivity index (χ2n) is 4.06. The quantitative estimate of drug-likeness (QED) is 0.916. The van der Waals surface area contributed by atoms with E-state index < -0.39 is 0 Å². The lowest BCUT2D eigenvalue weighted by Gasteiger charge is -2.25. The molecule has 18 heavy (non-hydrogen) atoms. The van der Waals surface area contributed by atoms with Gasteiger partial charge in [0, 0.05) is 19.3 Å². The number of thiophene rings is 1. The number of nitrogens with zero attached hydrogens (tertiary/aromatic N) is 3. The van der Waals surface area contributed by atoms with Crippen molar-refractivity contribution in [1.29, 1.82) is 0 Å². The minimum atomic E-state index is 0.117. The van der Waals surface area contributed by atoms with E-state index in [1.165, 1.54) is 5.56 Å². The van der Waals surface area contributed by atoms with Gasteiger partial charge >= 0.3 is 0 Å². The molecule has 96 valence electrons. The molecule has 2 rings (SSSR count). The molecule has 0 aliphatic rings. The molecule has 2 heterocycles. The number of nitrogens with two attached hydrogens (primary N) is 1. The second-order valence-corrected chi connectivity index (χ2v) is 6.35. The fourth-order valence-corrected chi connectivity index (χ4v) is 3.05. The number of halogens is 1. The first-order valence-corrected chi connectivity index (χ1v) is 7.27. The number of aromatic nitrogens is 2. The third-order valence-corrected chi connectivity index (χ3v) is 4.31. The zero-order valence-electron chi connectivity index (χ0n) is 10.1. The van der Waals surface area contributed by atoms with E-state index in [0.717, 1.165) is 16.0 Å². The van der Waals surface area contributed by atoms with Crippen LogP contribution in [0.15, 0.2) is 33.8 Å². The molecule has 0 saturated carbocycles. The first-order valence-electron chi connectivity index (χ1n) is 5.60. The van der Waals surface area contributed by atoms with Crippen LogP contribution in [0, 0.1) is 0 Å². The molecule has 0 amide bonds. The van der Waals surface area contributed by atoms with Gasteiger partial charge in [-0.05, 0) is 46.1 Å². The van der Waals surface area contributed by atoms with E-state index in [9.17, 15) is 0 Å². The number of hydrogen-bond donors (Lipinski definition) is 1. The summed E-state index contributed by atoms with van der Waals surface area (Å²) in [6.45, 7) is 1.40. The van der Waals surface area contributed by atoms with Crippen LogP contribution in [0.25, 0.3) is 0 Å². The molecular weight excluding hydrogens is 312 g/mol. The van der Waals surface area contributed by atoms with Crippen molar-refractivity contribution in [3.63, 3.8) is 0 Å². The molecule has 2 N–H and O–H groups in total. The molecule has 1 atom stereocenters. The summed E-state index contributed by atoms with van der Waals surface area (Å²) in [6.07, 6.45) is 3.31. The molecule has 0 spiro atoms. The predicted molar refractivity (Wildman–Crippen MR) is 77.3 cm³/mol. The number of hydrogen-bond acceptors (Lipinski definition) is 5. The van der Waals surface area contributed by atoms with E-state index in [2.05, 4.69) is 49.3 Å². The van der Waals surface area contributed by atoms with E-state index in [4.69, 9.17) is 5.73 Å². The maximum atomic E-state index is 5.86. The molecule has 0 aromatic carbocycles. The van der Waals surface area contributed by atoms with Gasteiger partial charge in [0.1, 0.15) is 6.33 Å². The van der Waals surface area contributed by atoms with E-state index in [1.807, 2.05) is 6.07 Å². The Labute approximate surface area is 119 Å². The second kappa shape index (κ2) is 6.38. The van der Waals surface area contributed by atoms with Gasteiger partial charge in [0.25, 0.3) is 0 Å². The average Bonchev–Trinajstić information content (AvgIpc) is 2.77. The van der Waals surface area contributed by atoms with Gasteiger partial charge in [-0.3, -0.25) is 4.90 Å². The minimum absolute atomic E-state index is 0.117. The zero-order chi connectivity index (χ0) is 13.0. The first kappa shape index (κ1) is 13.6. The van der Waals surface area contributed by atoms with Crippen LogP contribution in [0.1, 0.15) is 17.3 Å². The molecule has 0 fully saturated rings. The number of rotatable bonds is 5. The summed E-state index contributed by atoms with van der Waals surface area (Å²) in [7, 11) is 2.06. The van der Waals surface area contributed by atoms with E-state index >= 15 is 0 Å². The van der Waals surface area contributed by atoms with Crippen molar-refractivity contribution in [2.75, 3.05) is 13.6 Å². The molecule has 0 aliphatic carbocycles. The maximum absolute atomic E-state index is 5.86. The van der Waals surface area contributed by atoms with Crippen molar-refractivity contribution in [3.8, 4) is 0 Å². The van der Waals surface area contributed by atoms with E-state index in [0.29, 0.717) is 6.54 Å². The van der Waals surface area contributed by atoms with Crippen LogP contribution < -0.4 is 5.73 Å². The van der Waals surface area contributed by atoms with Gasteiger partial charge in [-0.25, -0.2) is 9.97 Å². The van der Waals surface area contributed by atoms with Crippen molar-refractivity contribution in [2.45, 2.75) is 12.6 Å². The van der Waals surface area contributed by atoms with Crippen LogP contribution in [-0.2, 0) is 6.54 Å². The Balaban J connectivity index is 2.08. The summed E-state index contributed by atoms with van der Waals surface area (Å²) >= 11 is 5.17. The minimum Gasteiger partial charge on any atom is -0.329 e. The van der Waals surface area contributed by atoms with Gasteiger partial charge < -0.3 is 5.73 Å². The lowest BCUT2D eigenvalue weighted by Crippen LogP contribution is -2.30. The molecule has 6 heteroatoms. The molecule has 0 aliphatic heterocycles. The van der Waals surface area contributed by atoms with Crippen molar-refractivity contribution in [1.82, 2.24) is 14.9 Å². The molecule has 2 aromatic heterocycles. The van der Waals surface area contributed by atoms with Gasteiger partial charge in [-0.1, -0.05) is 0 Å². The smallest absolute Gasteiger partial charge is 0.115 e. The highest BCUT2D eigenvalue weighted by Crippen LogP contribution is 2.24. The lowest BCUT2D eigenvalue weighted by molar-refractivity contribution is 0.237. The van der Waals surface area contributed by atoms with Gasteiger partial charge in [-0.2, -0.15) is 0 Å². The van der Waals surface area contributed by atoms with Gasteiger partial charge in [0.2, 0.25) is 0 Å². The van der Waals surface area contributed by atoms with Crippen LogP contribution in [0.2, 0.25) is 0 Å².